The summed E-state index contributed by atoms with van der Waals surface area (Å²) in [4.78, 5) is 24.8. The number of halogens is 1. The SMILES string of the molecule is N#C[C@H](Cc1cccc(I)c1)NC(=O)[C@@H]1CCCCN1C(=O)O. The Morgan fingerprint density at radius 1 is 1.48 bits per heavy atom. The fraction of sp³-hybridized carbons (Fsp3) is 0.438. The summed E-state index contributed by atoms with van der Waals surface area (Å²) >= 11 is 2.19. The molecular formula is C16H18IN3O3. The summed E-state index contributed by atoms with van der Waals surface area (Å²) in [7, 11) is 0. The Kier molecular flexibility index (Phi) is 6.21. The minimum absolute atomic E-state index is 0.363. The number of carbonyl (C=O) groups excluding carboxylic acids is 1. The van der Waals surface area contributed by atoms with Crippen LogP contribution in [0.1, 0.15) is 24.8 Å². The molecule has 2 atom stereocenters. The van der Waals surface area contributed by atoms with Gasteiger partial charge < -0.3 is 10.4 Å². The Morgan fingerprint density at radius 2 is 2.26 bits per heavy atom. The predicted octanol–water partition coefficient (Wildman–Crippen LogP) is 2.37. The van der Waals surface area contributed by atoms with Gasteiger partial charge in [0.05, 0.1) is 6.07 Å². The van der Waals surface area contributed by atoms with Crippen molar-refractivity contribution < 1.29 is 14.7 Å². The van der Waals surface area contributed by atoms with Crippen LogP contribution in [0.2, 0.25) is 0 Å². The lowest BCUT2D eigenvalue weighted by Gasteiger charge is -2.32. The van der Waals surface area contributed by atoms with Gasteiger partial charge in [0.1, 0.15) is 12.1 Å². The quantitative estimate of drug-likeness (QED) is 0.722. The van der Waals surface area contributed by atoms with Crippen LogP contribution in [0, 0.1) is 14.9 Å². The summed E-state index contributed by atoms with van der Waals surface area (Å²) < 4.78 is 1.06. The van der Waals surface area contributed by atoms with E-state index in [-0.39, 0.29) is 5.91 Å². The van der Waals surface area contributed by atoms with E-state index in [0.717, 1.165) is 22.0 Å². The van der Waals surface area contributed by atoms with E-state index >= 15 is 0 Å². The van der Waals surface area contributed by atoms with Crippen molar-refractivity contribution in [2.24, 2.45) is 0 Å². The molecule has 1 fully saturated rings. The Bertz CT molecular complexity index is 629. The van der Waals surface area contributed by atoms with Crippen LogP contribution in [0.5, 0.6) is 0 Å². The number of carboxylic acid groups (broad SMARTS) is 1. The van der Waals surface area contributed by atoms with Crippen molar-refractivity contribution in [3.05, 3.63) is 33.4 Å². The van der Waals surface area contributed by atoms with Gasteiger partial charge in [-0.2, -0.15) is 5.26 Å². The van der Waals surface area contributed by atoms with Crippen molar-refractivity contribution in [1.82, 2.24) is 10.2 Å². The standard InChI is InChI=1S/C16H18IN3O3/c17-12-5-3-4-11(8-12)9-13(10-18)19-15(21)14-6-1-2-7-20(14)16(22)23/h3-5,8,13-14H,1-2,6-7,9H2,(H,19,21)(H,22,23)/t13-,14-/m0/s1. The first-order valence-electron chi connectivity index (χ1n) is 7.45. The van der Waals surface area contributed by atoms with E-state index in [1.807, 2.05) is 24.3 Å². The lowest BCUT2D eigenvalue weighted by atomic mass is 10.0. The zero-order valence-corrected chi connectivity index (χ0v) is 14.7. The van der Waals surface area contributed by atoms with E-state index < -0.39 is 18.2 Å². The molecule has 1 aliphatic heterocycles. The molecule has 1 aromatic rings. The largest absolute Gasteiger partial charge is 0.465 e. The first-order valence-corrected chi connectivity index (χ1v) is 8.53. The number of amides is 2. The smallest absolute Gasteiger partial charge is 0.407 e. The maximum absolute atomic E-state index is 12.4. The third-order valence-electron chi connectivity index (χ3n) is 3.85. The number of carbonyl (C=O) groups is 2. The van der Waals surface area contributed by atoms with Crippen LogP contribution < -0.4 is 5.32 Å². The number of nitriles is 1. The maximum Gasteiger partial charge on any atom is 0.407 e. The molecule has 1 heterocycles. The highest BCUT2D eigenvalue weighted by Crippen LogP contribution is 2.18. The average molecular weight is 427 g/mol. The summed E-state index contributed by atoms with van der Waals surface area (Å²) in [5, 5.41) is 21.2. The molecule has 2 rings (SSSR count). The molecule has 0 aliphatic carbocycles. The van der Waals surface area contributed by atoms with Crippen molar-refractivity contribution in [1.29, 1.82) is 5.26 Å². The van der Waals surface area contributed by atoms with Crippen molar-refractivity contribution in [3.8, 4) is 6.07 Å². The van der Waals surface area contributed by atoms with E-state index in [4.69, 9.17) is 0 Å². The zero-order chi connectivity index (χ0) is 16.8. The molecule has 2 N–H and O–H groups in total. The van der Waals surface area contributed by atoms with E-state index in [1.165, 1.54) is 4.90 Å². The summed E-state index contributed by atoms with van der Waals surface area (Å²) in [6.45, 7) is 0.363. The molecule has 0 radical (unpaired) electrons. The van der Waals surface area contributed by atoms with Gasteiger partial charge >= 0.3 is 6.09 Å². The molecule has 0 aromatic heterocycles. The van der Waals surface area contributed by atoms with Gasteiger partial charge in [0, 0.05) is 16.5 Å². The summed E-state index contributed by atoms with van der Waals surface area (Å²) in [5.41, 5.74) is 0.961. The second-order valence-corrected chi connectivity index (χ2v) is 6.76. The molecule has 0 unspecified atom stereocenters. The van der Waals surface area contributed by atoms with Crippen LogP contribution in [-0.2, 0) is 11.2 Å². The second kappa shape index (κ2) is 8.15. The van der Waals surface area contributed by atoms with Crippen molar-refractivity contribution in [2.75, 3.05) is 6.54 Å². The molecule has 1 saturated heterocycles. The van der Waals surface area contributed by atoms with Crippen molar-refractivity contribution in [3.63, 3.8) is 0 Å². The third-order valence-corrected chi connectivity index (χ3v) is 4.52. The van der Waals surface area contributed by atoms with Gasteiger partial charge in [-0.25, -0.2) is 4.79 Å². The average Bonchev–Trinajstić information content (AvgIpc) is 2.54. The van der Waals surface area contributed by atoms with Crippen molar-refractivity contribution in [2.45, 2.75) is 37.8 Å². The Labute approximate surface area is 148 Å². The Hall–Kier alpha value is -1.82. The number of nitrogens with one attached hydrogen (secondary N) is 1. The molecule has 0 bridgehead atoms. The summed E-state index contributed by atoms with van der Waals surface area (Å²) in [6.07, 6.45) is 1.39. The summed E-state index contributed by atoms with van der Waals surface area (Å²) in [6, 6.07) is 8.44. The number of likely N-dealkylation sites (tertiary alicyclic amines) is 1. The van der Waals surface area contributed by atoms with Gasteiger partial charge in [-0.05, 0) is 59.5 Å². The van der Waals surface area contributed by atoms with Crippen LogP contribution in [0.25, 0.3) is 0 Å². The highest BCUT2D eigenvalue weighted by Gasteiger charge is 2.32. The topological polar surface area (TPSA) is 93.4 Å². The van der Waals surface area contributed by atoms with Gasteiger partial charge in [0.25, 0.3) is 0 Å². The molecule has 2 amide bonds. The predicted molar refractivity (Wildman–Crippen MR) is 92.8 cm³/mol. The maximum atomic E-state index is 12.4. The highest BCUT2D eigenvalue weighted by atomic mass is 127. The molecule has 1 aliphatic rings. The summed E-state index contributed by atoms with van der Waals surface area (Å²) in [5.74, 6) is -0.385. The molecule has 23 heavy (non-hydrogen) atoms. The van der Waals surface area contributed by atoms with Crippen LogP contribution >= 0.6 is 22.6 Å². The Morgan fingerprint density at radius 3 is 2.91 bits per heavy atom. The fourth-order valence-electron chi connectivity index (χ4n) is 2.73. The van der Waals surface area contributed by atoms with Crippen LogP contribution in [0.15, 0.2) is 24.3 Å². The first-order chi connectivity index (χ1) is 11.0. The zero-order valence-electron chi connectivity index (χ0n) is 12.5. The Balaban J connectivity index is 2.01. The molecule has 1 aromatic carbocycles. The van der Waals surface area contributed by atoms with E-state index in [9.17, 15) is 20.0 Å². The molecule has 7 heteroatoms. The van der Waals surface area contributed by atoms with Crippen molar-refractivity contribution >= 4 is 34.6 Å². The van der Waals surface area contributed by atoms with E-state index in [0.29, 0.717) is 19.4 Å². The molecule has 122 valence electrons. The number of benzene rings is 1. The van der Waals surface area contributed by atoms with Crippen LogP contribution in [0.4, 0.5) is 4.79 Å². The van der Waals surface area contributed by atoms with Crippen LogP contribution in [-0.4, -0.2) is 40.6 Å². The van der Waals surface area contributed by atoms with Crippen LogP contribution in [0.3, 0.4) is 0 Å². The lowest BCUT2D eigenvalue weighted by Crippen LogP contribution is -2.53. The van der Waals surface area contributed by atoms with Gasteiger partial charge in [-0.3, -0.25) is 9.69 Å². The van der Waals surface area contributed by atoms with E-state index in [1.54, 1.807) is 0 Å². The second-order valence-electron chi connectivity index (χ2n) is 5.51. The third kappa shape index (κ3) is 4.82. The number of rotatable bonds is 4. The molecule has 0 spiro atoms. The van der Waals surface area contributed by atoms with Gasteiger partial charge in [-0.1, -0.05) is 12.1 Å². The molecule has 6 nitrogen and oxygen atoms in total. The molecular weight excluding hydrogens is 409 g/mol. The first kappa shape index (κ1) is 17.5. The molecule has 0 saturated carbocycles. The van der Waals surface area contributed by atoms with Gasteiger partial charge in [-0.15, -0.1) is 0 Å². The monoisotopic (exact) mass is 427 g/mol. The minimum atomic E-state index is -1.09. The normalized spacial score (nSPS) is 18.8. The highest BCUT2D eigenvalue weighted by molar-refractivity contribution is 14.1. The number of nitrogens with zero attached hydrogens (tertiary/aromatic N) is 2. The van der Waals surface area contributed by atoms with Gasteiger partial charge in [0.15, 0.2) is 0 Å². The van der Waals surface area contributed by atoms with E-state index in [2.05, 4.69) is 34.0 Å². The number of piperidine rings is 1. The minimum Gasteiger partial charge on any atom is -0.465 e. The van der Waals surface area contributed by atoms with Gasteiger partial charge in [0.2, 0.25) is 5.91 Å². The number of hydrogen-bond donors (Lipinski definition) is 2. The lowest BCUT2D eigenvalue weighted by molar-refractivity contribution is -0.127. The number of hydrogen-bond acceptors (Lipinski definition) is 3. The fourth-order valence-corrected chi connectivity index (χ4v) is 3.34.